The Hall–Kier alpha value is -3.37. The molecule has 0 heterocycles. The van der Waals surface area contributed by atoms with Crippen molar-refractivity contribution in [2.24, 2.45) is 23.5 Å². The summed E-state index contributed by atoms with van der Waals surface area (Å²) >= 11 is 0. The van der Waals surface area contributed by atoms with Gasteiger partial charge in [-0.1, -0.05) is 25.7 Å². The summed E-state index contributed by atoms with van der Waals surface area (Å²) in [5.74, 6) is -5.29. The summed E-state index contributed by atoms with van der Waals surface area (Å²) in [5, 5.41) is 44.5. The SMILES string of the molecule is COc1c(CN(C)CC2CCCCCC2)cc(O)c2c1CC1C[C@H]3CC(=O)C(C(N)=O)=C(O)[C@@]3(O)C(=O)C1=C2O. The van der Waals surface area contributed by atoms with Crippen molar-refractivity contribution in [2.45, 2.75) is 69.9 Å². The molecule has 5 rings (SSSR count). The molecule has 1 aromatic carbocycles. The van der Waals surface area contributed by atoms with Crippen LogP contribution >= 0.6 is 0 Å². The number of primary amides is 1. The Kier molecular flexibility index (Phi) is 7.43. The Balaban J connectivity index is 1.51. The number of aliphatic hydroxyl groups excluding tert-OH is 2. The summed E-state index contributed by atoms with van der Waals surface area (Å²) in [6.45, 7) is 1.44. The van der Waals surface area contributed by atoms with Gasteiger partial charge in [-0.25, -0.2) is 0 Å². The van der Waals surface area contributed by atoms with E-state index in [1.165, 1.54) is 51.7 Å². The molecule has 1 unspecified atom stereocenters. The van der Waals surface area contributed by atoms with Crippen molar-refractivity contribution in [1.82, 2.24) is 4.90 Å². The Morgan fingerprint density at radius 1 is 1.12 bits per heavy atom. The predicted molar refractivity (Wildman–Crippen MR) is 145 cm³/mol. The quantitative estimate of drug-likeness (QED) is 0.262. The summed E-state index contributed by atoms with van der Waals surface area (Å²) in [5.41, 5.74) is 3.05. The Labute approximate surface area is 233 Å². The number of Topliss-reactive ketones (excluding diaryl/α,β-unsaturated/α-hetero) is 2. The molecule has 0 saturated heterocycles. The first-order valence-corrected chi connectivity index (χ1v) is 14.1. The summed E-state index contributed by atoms with van der Waals surface area (Å²) in [6.07, 6.45) is 7.41. The fourth-order valence-corrected chi connectivity index (χ4v) is 7.45. The van der Waals surface area contributed by atoms with Crippen molar-refractivity contribution in [3.05, 3.63) is 39.7 Å². The predicted octanol–water partition coefficient (Wildman–Crippen LogP) is 2.83. The molecule has 4 aliphatic carbocycles. The standard InChI is InChI=1S/C30H38N2O8/c1-32(13-15-7-5-3-4-6-8-15)14-17-11-20(33)23-19(26(17)40-2)10-16-9-18-12-21(34)24(29(31)38)28(37)30(18,39)27(36)22(16)25(23)35/h11,15-16,18,33,35,37,39H,3-10,12-14H2,1-2H3,(H2,31,38)/t16?,18-,30-/m0/s1. The fourth-order valence-electron chi connectivity index (χ4n) is 7.45. The highest BCUT2D eigenvalue weighted by Gasteiger charge is 2.60. The molecule has 4 aliphatic rings. The zero-order valence-electron chi connectivity index (χ0n) is 23.0. The smallest absolute Gasteiger partial charge is 0.255 e. The molecule has 0 radical (unpaired) electrons. The summed E-state index contributed by atoms with van der Waals surface area (Å²) in [6, 6.07) is 1.53. The van der Waals surface area contributed by atoms with E-state index in [-0.39, 0.29) is 36.1 Å². The minimum absolute atomic E-state index is 0.0409. The van der Waals surface area contributed by atoms with Crippen LogP contribution in [0, 0.1) is 17.8 Å². The van der Waals surface area contributed by atoms with Crippen LogP contribution in [-0.4, -0.2) is 69.1 Å². The van der Waals surface area contributed by atoms with Gasteiger partial charge in [-0.05, 0) is 50.6 Å². The lowest BCUT2D eigenvalue weighted by Gasteiger charge is -2.46. The first-order valence-electron chi connectivity index (χ1n) is 14.1. The van der Waals surface area contributed by atoms with E-state index in [9.17, 15) is 34.8 Å². The van der Waals surface area contributed by atoms with E-state index in [0.29, 0.717) is 23.8 Å². The van der Waals surface area contributed by atoms with Gasteiger partial charge in [0.2, 0.25) is 5.78 Å². The largest absolute Gasteiger partial charge is 0.508 e. The number of ketones is 2. The van der Waals surface area contributed by atoms with Gasteiger partial charge < -0.3 is 35.8 Å². The summed E-state index contributed by atoms with van der Waals surface area (Å²) in [4.78, 5) is 40.3. The van der Waals surface area contributed by atoms with Gasteiger partial charge in [-0.2, -0.15) is 0 Å². The number of aromatic hydroxyl groups is 1. The molecule has 10 nitrogen and oxygen atoms in total. The third-order valence-electron chi connectivity index (χ3n) is 9.28. The highest BCUT2D eigenvalue weighted by atomic mass is 16.5. The lowest BCUT2D eigenvalue weighted by molar-refractivity contribution is -0.147. The molecule has 1 aromatic rings. The Bertz CT molecular complexity index is 1320. The van der Waals surface area contributed by atoms with Gasteiger partial charge in [0.05, 0.1) is 12.7 Å². The molecular formula is C30H38N2O8. The lowest BCUT2D eigenvalue weighted by Crippen LogP contribution is -2.58. The summed E-state index contributed by atoms with van der Waals surface area (Å²) in [7, 11) is 3.56. The first kappa shape index (κ1) is 28.2. The maximum absolute atomic E-state index is 13.7. The molecule has 2 saturated carbocycles. The van der Waals surface area contributed by atoms with E-state index in [2.05, 4.69) is 4.90 Å². The number of ether oxygens (including phenoxy) is 1. The van der Waals surface area contributed by atoms with Crippen LogP contribution in [0.15, 0.2) is 23.0 Å². The molecule has 1 amide bonds. The molecule has 3 atom stereocenters. The second-order valence-electron chi connectivity index (χ2n) is 11.9. The highest BCUT2D eigenvalue weighted by molar-refractivity contribution is 6.22. The lowest BCUT2D eigenvalue weighted by atomic mass is 9.59. The average molecular weight is 555 g/mol. The zero-order valence-corrected chi connectivity index (χ0v) is 23.0. The normalized spacial score (nSPS) is 27.3. The molecule has 0 bridgehead atoms. The van der Waals surface area contributed by atoms with Crippen LogP contribution in [0.5, 0.6) is 11.5 Å². The number of nitrogens with two attached hydrogens (primary N) is 1. The van der Waals surface area contributed by atoms with E-state index in [0.717, 1.165) is 12.1 Å². The van der Waals surface area contributed by atoms with Gasteiger partial charge >= 0.3 is 0 Å². The van der Waals surface area contributed by atoms with Crippen LogP contribution < -0.4 is 10.5 Å². The number of methoxy groups -OCH3 is 1. The maximum Gasteiger partial charge on any atom is 0.255 e. The van der Waals surface area contributed by atoms with Crippen LogP contribution in [0.3, 0.4) is 0 Å². The third-order valence-corrected chi connectivity index (χ3v) is 9.28. The first-order chi connectivity index (χ1) is 19.0. The highest BCUT2D eigenvalue weighted by Crippen LogP contribution is 2.53. The van der Waals surface area contributed by atoms with Crippen molar-refractivity contribution in [2.75, 3.05) is 20.7 Å². The van der Waals surface area contributed by atoms with Crippen LogP contribution in [-0.2, 0) is 27.3 Å². The minimum Gasteiger partial charge on any atom is -0.508 e. The van der Waals surface area contributed by atoms with Gasteiger partial charge in [0.1, 0.15) is 28.6 Å². The van der Waals surface area contributed by atoms with Gasteiger partial charge in [0, 0.05) is 42.1 Å². The van der Waals surface area contributed by atoms with E-state index >= 15 is 0 Å². The molecule has 0 aliphatic heterocycles. The Morgan fingerprint density at radius 2 is 1.80 bits per heavy atom. The molecule has 6 N–H and O–H groups in total. The maximum atomic E-state index is 13.7. The number of nitrogens with zero attached hydrogens (tertiary/aromatic N) is 1. The molecule has 0 spiro atoms. The van der Waals surface area contributed by atoms with E-state index in [4.69, 9.17) is 10.5 Å². The number of hydrogen-bond donors (Lipinski definition) is 5. The number of fused-ring (bicyclic) bond motifs is 3. The molecule has 0 aromatic heterocycles. The second-order valence-corrected chi connectivity index (χ2v) is 11.9. The number of rotatable bonds is 6. The van der Waals surface area contributed by atoms with E-state index in [1.54, 1.807) is 0 Å². The number of phenolic OH excluding ortho intramolecular Hbond substituents is 1. The van der Waals surface area contributed by atoms with E-state index < -0.39 is 52.0 Å². The number of hydrogen-bond acceptors (Lipinski definition) is 9. The van der Waals surface area contributed by atoms with Crippen LogP contribution in [0.25, 0.3) is 5.76 Å². The summed E-state index contributed by atoms with van der Waals surface area (Å²) < 4.78 is 5.81. The van der Waals surface area contributed by atoms with Gasteiger partial charge in [-0.3, -0.25) is 14.4 Å². The van der Waals surface area contributed by atoms with Gasteiger partial charge in [0.25, 0.3) is 5.91 Å². The van der Waals surface area contributed by atoms with Crippen LogP contribution in [0.4, 0.5) is 0 Å². The van der Waals surface area contributed by atoms with Crippen LogP contribution in [0.1, 0.15) is 68.1 Å². The third kappa shape index (κ3) is 4.47. The average Bonchev–Trinajstić information content (AvgIpc) is 3.14. The topological polar surface area (TPSA) is 171 Å². The van der Waals surface area contributed by atoms with E-state index in [1.807, 2.05) is 7.05 Å². The number of aliphatic hydroxyl groups is 3. The van der Waals surface area contributed by atoms with Crippen molar-refractivity contribution < 1.29 is 39.5 Å². The molecular weight excluding hydrogens is 516 g/mol. The van der Waals surface area contributed by atoms with Crippen molar-refractivity contribution in [3.63, 3.8) is 0 Å². The second kappa shape index (κ2) is 10.6. The van der Waals surface area contributed by atoms with Crippen molar-refractivity contribution >= 4 is 23.2 Å². The van der Waals surface area contributed by atoms with Crippen molar-refractivity contribution in [1.29, 1.82) is 0 Å². The number of benzene rings is 1. The molecule has 2 fully saturated rings. The number of amides is 1. The molecule has 216 valence electrons. The monoisotopic (exact) mass is 554 g/mol. The molecule has 10 heteroatoms. The Morgan fingerprint density at radius 3 is 2.42 bits per heavy atom. The fraction of sp³-hybridized carbons (Fsp3) is 0.567. The zero-order chi connectivity index (χ0) is 28.9. The van der Waals surface area contributed by atoms with Gasteiger partial charge in [-0.15, -0.1) is 0 Å². The number of phenols is 1. The number of carbonyl (C=O) groups excluding carboxylic acids is 3. The van der Waals surface area contributed by atoms with Crippen LogP contribution in [0.2, 0.25) is 0 Å². The van der Waals surface area contributed by atoms with Crippen molar-refractivity contribution in [3.8, 4) is 11.5 Å². The number of carbonyl (C=O) groups is 3. The minimum atomic E-state index is -2.57. The molecule has 40 heavy (non-hydrogen) atoms. The van der Waals surface area contributed by atoms with Gasteiger partial charge in [0.15, 0.2) is 11.4 Å².